The molecule has 2 N–H and O–H groups in total. The van der Waals surface area contributed by atoms with Crippen LogP contribution in [0.4, 0.5) is 11.5 Å². The molecule has 6 heteroatoms. The minimum absolute atomic E-state index is 0.00708. The zero-order chi connectivity index (χ0) is 14.3. The van der Waals surface area contributed by atoms with E-state index in [1.54, 1.807) is 11.6 Å². The summed E-state index contributed by atoms with van der Waals surface area (Å²) in [6.45, 7) is 1.62. The molecule has 0 bridgehead atoms. The molecule has 0 radical (unpaired) electrons. The smallest absolute Gasteiger partial charge is 0.333 e. The number of aromatic nitrogens is 2. The summed E-state index contributed by atoms with van der Waals surface area (Å²) < 4.78 is 1.62. The van der Waals surface area contributed by atoms with Crippen LogP contribution in [0.2, 0.25) is 0 Å². The maximum absolute atomic E-state index is 11.1. The van der Waals surface area contributed by atoms with E-state index in [0.29, 0.717) is 5.69 Å². The van der Waals surface area contributed by atoms with Gasteiger partial charge in [-0.3, -0.25) is 10.1 Å². The third-order valence-electron chi connectivity index (χ3n) is 3.91. The van der Waals surface area contributed by atoms with Crippen molar-refractivity contribution in [3.63, 3.8) is 0 Å². The van der Waals surface area contributed by atoms with Gasteiger partial charge in [0.25, 0.3) is 0 Å². The van der Waals surface area contributed by atoms with Crippen molar-refractivity contribution in [1.29, 1.82) is 0 Å². The third kappa shape index (κ3) is 1.84. The molecule has 1 unspecified atom stereocenters. The Morgan fingerprint density at radius 2 is 2.20 bits per heavy atom. The van der Waals surface area contributed by atoms with Crippen LogP contribution in [0.15, 0.2) is 24.3 Å². The Bertz CT molecular complexity index is 678. The Labute approximate surface area is 116 Å². The van der Waals surface area contributed by atoms with Crippen molar-refractivity contribution in [2.24, 2.45) is 0 Å². The number of nitrogen functional groups attached to an aromatic ring is 1. The second kappa shape index (κ2) is 4.63. The van der Waals surface area contributed by atoms with Gasteiger partial charge in [0.2, 0.25) is 5.82 Å². The number of anilines is 1. The molecule has 0 saturated carbocycles. The quantitative estimate of drug-likeness (QED) is 0.672. The molecule has 2 aromatic rings. The minimum Gasteiger partial charge on any atom is -0.378 e. The van der Waals surface area contributed by atoms with Crippen molar-refractivity contribution in [3.8, 4) is 0 Å². The van der Waals surface area contributed by atoms with Gasteiger partial charge >= 0.3 is 5.69 Å². The van der Waals surface area contributed by atoms with Crippen LogP contribution in [0.25, 0.3) is 0 Å². The highest BCUT2D eigenvalue weighted by Gasteiger charge is 2.29. The van der Waals surface area contributed by atoms with Crippen molar-refractivity contribution < 1.29 is 4.92 Å². The first-order chi connectivity index (χ1) is 9.59. The topological polar surface area (TPSA) is 87.0 Å². The molecule has 3 rings (SSSR count). The van der Waals surface area contributed by atoms with Gasteiger partial charge in [-0.1, -0.05) is 24.3 Å². The van der Waals surface area contributed by atoms with E-state index in [1.807, 2.05) is 12.1 Å². The molecule has 0 spiro atoms. The van der Waals surface area contributed by atoms with E-state index in [9.17, 15) is 10.1 Å². The second-order valence-corrected chi connectivity index (χ2v) is 5.13. The van der Waals surface area contributed by atoms with Crippen molar-refractivity contribution >= 4 is 11.5 Å². The van der Waals surface area contributed by atoms with Crippen LogP contribution in [-0.4, -0.2) is 14.7 Å². The summed E-state index contributed by atoms with van der Waals surface area (Å²) in [5, 5.41) is 15.4. The van der Waals surface area contributed by atoms with Gasteiger partial charge in [0.1, 0.15) is 5.69 Å². The standard InChI is InChI=1S/C14H16N4O2/c1-9-13(18(19)20)14(15)17(16-9)12-8-4-6-10-5-2-3-7-11(10)12/h2-3,5,7,12H,4,6,8,15H2,1H3. The lowest BCUT2D eigenvalue weighted by atomic mass is 9.88. The highest BCUT2D eigenvalue weighted by molar-refractivity contribution is 5.57. The van der Waals surface area contributed by atoms with Crippen LogP contribution < -0.4 is 5.73 Å². The Morgan fingerprint density at radius 1 is 1.45 bits per heavy atom. The van der Waals surface area contributed by atoms with Crippen LogP contribution in [0.3, 0.4) is 0 Å². The van der Waals surface area contributed by atoms with Crippen LogP contribution in [0, 0.1) is 17.0 Å². The molecule has 1 aromatic carbocycles. The first kappa shape index (κ1) is 12.7. The molecule has 20 heavy (non-hydrogen) atoms. The lowest BCUT2D eigenvalue weighted by Gasteiger charge is -2.26. The van der Waals surface area contributed by atoms with Crippen molar-refractivity contribution in [1.82, 2.24) is 9.78 Å². The Morgan fingerprint density at radius 3 is 2.90 bits per heavy atom. The van der Waals surface area contributed by atoms with Crippen LogP contribution in [0.5, 0.6) is 0 Å². The summed E-state index contributed by atoms with van der Waals surface area (Å²) in [5.41, 5.74) is 8.69. The fourth-order valence-electron chi connectivity index (χ4n) is 3.00. The zero-order valence-corrected chi connectivity index (χ0v) is 11.2. The zero-order valence-electron chi connectivity index (χ0n) is 11.2. The molecule has 1 heterocycles. The van der Waals surface area contributed by atoms with Gasteiger partial charge in [0, 0.05) is 0 Å². The fraction of sp³-hybridized carbons (Fsp3) is 0.357. The number of benzene rings is 1. The number of hydrogen-bond acceptors (Lipinski definition) is 4. The third-order valence-corrected chi connectivity index (χ3v) is 3.91. The van der Waals surface area contributed by atoms with E-state index < -0.39 is 4.92 Å². The summed E-state index contributed by atoms with van der Waals surface area (Å²) in [6.07, 6.45) is 2.97. The van der Waals surface area contributed by atoms with Crippen molar-refractivity contribution in [2.45, 2.75) is 32.2 Å². The van der Waals surface area contributed by atoms with Gasteiger partial charge in [0.15, 0.2) is 0 Å². The Balaban J connectivity index is 2.12. The van der Waals surface area contributed by atoms with Gasteiger partial charge in [-0.05, 0) is 37.3 Å². The number of fused-ring (bicyclic) bond motifs is 1. The molecule has 1 aliphatic rings. The number of rotatable bonds is 2. The first-order valence-corrected chi connectivity index (χ1v) is 6.66. The number of hydrogen-bond donors (Lipinski definition) is 1. The molecule has 0 aliphatic heterocycles. The monoisotopic (exact) mass is 272 g/mol. The summed E-state index contributed by atoms with van der Waals surface area (Å²) in [6, 6.07) is 8.15. The van der Waals surface area contributed by atoms with Gasteiger partial charge in [-0.15, -0.1) is 0 Å². The summed E-state index contributed by atoms with van der Waals surface area (Å²) in [7, 11) is 0. The average molecular weight is 272 g/mol. The maximum atomic E-state index is 11.1. The highest BCUT2D eigenvalue weighted by Crippen LogP contribution is 2.37. The summed E-state index contributed by atoms with van der Waals surface area (Å²) in [5.74, 6) is 0.147. The maximum Gasteiger partial charge on any atom is 0.333 e. The molecule has 6 nitrogen and oxygen atoms in total. The van der Waals surface area contributed by atoms with Crippen molar-refractivity contribution in [3.05, 3.63) is 51.2 Å². The number of nitrogens with zero attached hydrogens (tertiary/aromatic N) is 3. The second-order valence-electron chi connectivity index (χ2n) is 5.13. The van der Waals surface area contributed by atoms with Gasteiger partial charge in [0.05, 0.1) is 11.0 Å². The van der Waals surface area contributed by atoms with E-state index in [1.165, 1.54) is 11.1 Å². The average Bonchev–Trinajstić information content (AvgIpc) is 2.73. The molecule has 0 amide bonds. The molecule has 1 aliphatic carbocycles. The van der Waals surface area contributed by atoms with E-state index in [0.717, 1.165) is 19.3 Å². The summed E-state index contributed by atoms with van der Waals surface area (Å²) in [4.78, 5) is 10.6. The lowest BCUT2D eigenvalue weighted by Crippen LogP contribution is -2.20. The molecule has 104 valence electrons. The predicted octanol–water partition coefficient (Wildman–Crippen LogP) is 2.61. The molecule has 1 atom stereocenters. The Kier molecular flexibility index (Phi) is 2.93. The van der Waals surface area contributed by atoms with Crippen molar-refractivity contribution in [2.75, 3.05) is 5.73 Å². The molecule has 1 aromatic heterocycles. The molecular formula is C14H16N4O2. The van der Waals surface area contributed by atoms with E-state index in [4.69, 9.17) is 5.73 Å². The molecule has 0 fully saturated rings. The van der Waals surface area contributed by atoms with Gasteiger partial charge in [-0.25, -0.2) is 4.68 Å². The predicted molar refractivity (Wildman–Crippen MR) is 75.5 cm³/mol. The number of nitro groups is 1. The van der Waals surface area contributed by atoms with Gasteiger partial charge in [-0.2, -0.15) is 5.10 Å². The highest BCUT2D eigenvalue weighted by atomic mass is 16.6. The first-order valence-electron chi connectivity index (χ1n) is 6.66. The fourth-order valence-corrected chi connectivity index (χ4v) is 3.00. The Hall–Kier alpha value is -2.37. The van der Waals surface area contributed by atoms with Crippen LogP contribution >= 0.6 is 0 Å². The minimum atomic E-state index is -0.455. The largest absolute Gasteiger partial charge is 0.378 e. The number of aryl methyl sites for hydroxylation is 2. The number of nitrogens with two attached hydrogens (primary N) is 1. The molecule has 0 saturated heterocycles. The molecular weight excluding hydrogens is 256 g/mol. The lowest BCUT2D eigenvalue weighted by molar-refractivity contribution is -0.384. The SMILES string of the molecule is Cc1nn(C2CCCc3ccccc32)c(N)c1[N+](=O)[O-]. The summed E-state index contributed by atoms with van der Waals surface area (Å²) >= 11 is 0. The van der Waals surface area contributed by atoms with Crippen LogP contribution in [-0.2, 0) is 6.42 Å². The van der Waals surface area contributed by atoms with Crippen LogP contribution in [0.1, 0.15) is 35.7 Å². The van der Waals surface area contributed by atoms with E-state index >= 15 is 0 Å². The van der Waals surface area contributed by atoms with E-state index in [-0.39, 0.29) is 17.5 Å². The van der Waals surface area contributed by atoms with Gasteiger partial charge < -0.3 is 5.73 Å². The normalized spacial score (nSPS) is 17.8. The van der Waals surface area contributed by atoms with E-state index in [2.05, 4.69) is 17.2 Å².